The molecule has 0 rings (SSSR count). The average Bonchev–Trinajstić information content (AvgIpc) is 2.15. The summed E-state index contributed by atoms with van der Waals surface area (Å²) in [6.07, 6.45) is 8.02. The molecule has 0 aliphatic rings. The molecule has 0 amide bonds. The normalized spacial score (nSPS) is 14.3. The molecule has 0 fully saturated rings. The monoisotopic (exact) mass is 177 g/mol. The lowest BCUT2D eigenvalue weighted by Crippen LogP contribution is -2.01. The molecule has 0 saturated carbocycles. The van der Waals surface area contributed by atoms with Gasteiger partial charge in [-0.15, -0.1) is 0 Å². The van der Waals surface area contributed by atoms with Crippen molar-refractivity contribution in [2.45, 2.75) is 20.8 Å². The lowest BCUT2D eigenvalue weighted by Gasteiger charge is -2.04. The minimum atomic E-state index is 1.15. The van der Waals surface area contributed by atoms with Gasteiger partial charge in [-0.1, -0.05) is 24.8 Å². The van der Waals surface area contributed by atoms with Crippen molar-refractivity contribution in [3.05, 3.63) is 47.7 Å². The minimum Gasteiger partial charge on any atom is -0.392 e. The van der Waals surface area contributed by atoms with Crippen molar-refractivity contribution >= 4 is 0 Å². The van der Waals surface area contributed by atoms with Crippen molar-refractivity contribution in [2.75, 3.05) is 7.05 Å². The summed E-state index contributed by atoms with van der Waals surface area (Å²) in [5, 5.41) is 3.09. The molecule has 0 aromatic heterocycles. The molecule has 1 nitrogen and oxygen atoms in total. The van der Waals surface area contributed by atoms with Crippen LogP contribution in [0.3, 0.4) is 0 Å². The lowest BCUT2D eigenvalue weighted by atomic mass is 10.1. The van der Waals surface area contributed by atoms with E-state index in [9.17, 15) is 0 Å². The molecular formula is C12H19N. The molecule has 0 saturated heterocycles. The van der Waals surface area contributed by atoms with E-state index in [0.717, 1.165) is 5.70 Å². The summed E-state index contributed by atoms with van der Waals surface area (Å²) in [6.45, 7) is 9.87. The van der Waals surface area contributed by atoms with E-state index in [1.807, 2.05) is 33.0 Å². The first-order chi connectivity index (χ1) is 6.15. The van der Waals surface area contributed by atoms with Crippen molar-refractivity contribution in [2.24, 2.45) is 0 Å². The number of allylic oxidation sites excluding steroid dienone is 7. The van der Waals surface area contributed by atoms with Gasteiger partial charge < -0.3 is 5.32 Å². The van der Waals surface area contributed by atoms with Crippen LogP contribution >= 0.6 is 0 Å². The van der Waals surface area contributed by atoms with Crippen molar-refractivity contribution in [1.82, 2.24) is 5.32 Å². The van der Waals surface area contributed by atoms with E-state index in [-0.39, 0.29) is 0 Å². The van der Waals surface area contributed by atoms with Crippen LogP contribution in [0.2, 0.25) is 0 Å². The van der Waals surface area contributed by atoms with E-state index >= 15 is 0 Å². The predicted molar refractivity (Wildman–Crippen MR) is 60.5 cm³/mol. The van der Waals surface area contributed by atoms with E-state index in [4.69, 9.17) is 0 Å². The van der Waals surface area contributed by atoms with Crippen LogP contribution in [0, 0.1) is 0 Å². The van der Waals surface area contributed by atoms with Gasteiger partial charge >= 0.3 is 0 Å². The molecule has 0 bridgehead atoms. The van der Waals surface area contributed by atoms with Crippen molar-refractivity contribution < 1.29 is 0 Å². The molecule has 1 heteroatoms. The first-order valence-electron chi connectivity index (χ1n) is 4.47. The fraction of sp³-hybridized carbons (Fsp3) is 0.333. The second-order valence-corrected chi connectivity index (χ2v) is 2.91. The summed E-state index contributed by atoms with van der Waals surface area (Å²) in [6, 6.07) is 0. The average molecular weight is 177 g/mol. The summed E-state index contributed by atoms with van der Waals surface area (Å²) in [5.74, 6) is 0. The van der Waals surface area contributed by atoms with Gasteiger partial charge in [-0.25, -0.2) is 0 Å². The molecule has 0 aromatic carbocycles. The fourth-order valence-corrected chi connectivity index (χ4v) is 0.892. The third-order valence-electron chi connectivity index (χ3n) is 1.95. The molecular weight excluding hydrogens is 158 g/mol. The Balaban J connectivity index is 4.85. The van der Waals surface area contributed by atoms with Gasteiger partial charge in [0.25, 0.3) is 0 Å². The van der Waals surface area contributed by atoms with Gasteiger partial charge in [0.15, 0.2) is 0 Å². The fourth-order valence-electron chi connectivity index (χ4n) is 0.892. The SMILES string of the molecule is C=C/C=C(\C=C(/C)NC)C(/C)=C\C. The molecule has 13 heavy (non-hydrogen) atoms. The lowest BCUT2D eigenvalue weighted by molar-refractivity contribution is 0.986. The van der Waals surface area contributed by atoms with Crippen LogP contribution in [0.4, 0.5) is 0 Å². The van der Waals surface area contributed by atoms with Crippen LogP contribution in [0.1, 0.15) is 20.8 Å². The third-order valence-corrected chi connectivity index (χ3v) is 1.95. The maximum Gasteiger partial charge on any atom is 0.00785 e. The summed E-state index contributed by atoms with van der Waals surface area (Å²) in [4.78, 5) is 0. The van der Waals surface area contributed by atoms with Crippen LogP contribution < -0.4 is 5.32 Å². The highest BCUT2D eigenvalue weighted by atomic mass is 14.8. The Morgan fingerprint density at radius 2 is 1.92 bits per heavy atom. The molecule has 1 N–H and O–H groups in total. The van der Waals surface area contributed by atoms with Crippen LogP contribution in [-0.4, -0.2) is 7.05 Å². The summed E-state index contributed by atoms with van der Waals surface area (Å²) in [5.41, 5.74) is 3.60. The van der Waals surface area contributed by atoms with E-state index < -0.39 is 0 Å². The molecule has 0 atom stereocenters. The maximum absolute atomic E-state index is 3.70. The molecule has 0 aromatic rings. The van der Waals surface area contributed by atoms with Gasteiger partial charge in [0.1, 0.15) is 0 Å². The number of hydrogen-bond acceptors (Lipinski definition) is 1. The number of hydrogen-bond donors (Lipinski definition) is 1. The third kappa shape index (κ3) is 4.36. The van der Waals surface area contributed by atoms with Gasteiger partial charge in [-0.2, -0.15) is 0 Å². The Labute approximate surface area is 81.5 Å². The molecule has 0 radical (unpaired) electrons. The van der Waals surface area contributed by atoms with Gasteiger partial charge in [0.05, 0.1) is 0 Å². The van der Waals surface area contributed by atoms with Gasteiger partial charge in [0.2, 0.25) is 0 Å². The van der Waals surface area contributed by atoms with Crippen LogP contribution in [0.15, 0.2) is 47.7 Å². The van der Waals surface area contributed by atoms with E-state index in [1.54, 1.807) is 0 Å². The zero-order chi connectivity index (χ0) is 10.3. The topological polar surface area (TPSA) is 12.0 Å². The number of nitrogens with one attached hydrogen (secondary N) is 1. The zero-order valence-corrected chi connectivity index (χ0v) is 9.02. The van der Waals surface area contributed by atoms with Crippen LogP contribution in [0.5, 0.6) is 0 Å². The van der Waals surface area contributed by atoms with Crippen molar-refractivity contribution in [3.8, 4) is 0 Å². The second-order valence-electron chi connectivity index (χ2n) is 2.91. The van der Waals surface area contributed by atoms with Gasteiger partial charge in [-0.05, 0) is 38.0 Å². The molecule has 0 aliphatic carbocycles. The van der Waals surface area contributed by atoms with Gasteiger partial charge in [-0.3, -0.25) is 0 Å². The predicted octanol–water partition coefficient (Wildman–Crippen LogP) is 3.19. The zero-order valence-electron chi connectivity index (χ0n) is 9.02. The largest absolute Gasteiger partial charge is 0.392 e. The standard InChI is InChI=1S/C12H19N/c1-6-8-12(10(3)7-2)9-11(4)13-5/h6-9,13H,1H2,2-5H3/b10-7-,11-9+,12-8+. The van der Waals surface area contributed by atoms with E-state index in [0.29, 0.717) is 0 Å². The van der Waals surface area contributed by atoms with Crippen molar-refractivity contribution in [1.29, 1.82) is 0 Å². The Kier molecular flexibility index (Phi) is 5.69. The quantitative estimate of drug-likeness (QED) is 0.650. The second kappa shape index (κ2) is 6.30. The Bertz CT molecular complexity index is 254. The van der Waals surface area contributed by atoms with E-state index in [2.05, 4.69) is 31.0 Å². The first kappa shape index (κ1) is 11.8. The molecule has 0 unspecified atom stereocenters. The summed E-state index contributed by atoms with van der Waals surface area (Å²) >= 11 is 0. The molecule has 0 aliphatic heterocycles. The Morgan fingerprint density at radius 1 is 1.31 bits per heavy atom. The van der Waals surface area contributed by atoms with Crippen LogP contribution in [-0.2, 0) is 0 Å². The maximum atomic E-state index is 3.70. The molecule has 0 spiro atoms. The highest BCUT2D eigenvalue weighted by molar-refractivity contribution is 5.41. The van der Waals surface area contributed by atoms with Crippen LogP contribution in [0.25, 0.3) is 0 Å². The summed E-state index contributed by atoms with van der Waals surface area (Å²) in [7, 11) is 1.92. The first-order valence-corrected chi connectivity index (χ1v) is 4.47. The van der Waals surface area contributed by atoms with Crippen molar-refractivity contribution in [3.63, 3.8) is 0 Å². The summed E-state index contributed by atoms with van der Waals surface area (Å²) < 4.78 is 0. The van der Waals surface area contributed by atoms with E-state index in [1.165, 1.54) is 11.1 Å². The van der Waals surface area contributed by atoms with Gasteiger partial charge in [0, 0.05) is 12.7 Å². The number of rotatable bonds is 4. The highest BCUT2D eigenvalue weighted by Crippen LogP contribution is 2.12. The Morgan fingerprint density at radius 3 is 2.31 bits per heavy atom. The Hall–Kier alpha value is -1.24. The molecule has 0 heterocycles. The minimum absolute atomic E-state index is 1.15. The highest BCUT2D eigenvalue weighted by Gasteiger charge is 1.94. The smallest absolute Gasteiger partial charge is 0.00785 e. The molecule has 72 valence electrons.